The second-order valence-corrected chi connectivity index (χ2v) is 8.95. The molecule has 0 saturated carbocycles. The molecular weight excluding hydrogens is 345 g/mol. The van der Waals surface area contributed by atoms with Crippen LogP contribution in [0.25, 0.3) is 0 Å². The van der Waals surface area contributed by atoms with E-state index >= 15 is 0 Å². The normalized spacial score (nSPS) is 17.6. The summed E-state index contributed by atoms with van der Waals surface area (Å²) < 4.78 is 42.6. The molecule has 0 amide bonds. The van der Waals surface area contributed by atoms with E-state index in [1.165, 1.54) is 17.8 Å². The van der Waals surface area contributed by atoms with Crippen LogP contribution in [0.5, 0.6) is 0 Å². The smallest absolute Gasteiger partial charge is 0.207 e. The standard InChI is InChI=1S/C18H20FNO2S2/c1-11-9-12(2)18(13(3)10-11)24(21,22)20-16-7-8-23-17-14(16)5-4-6-15(17)19/h4-6,9-10,16,20H,7-8H2,1-3H3. The van der Waals surface area contributed by atoms with Crippen molar-refractivity contribution in [3.63, 3.8) is 0 Å². The molecule has 2 aromatic rings. The first kappa shape index (κ1) is 17.5. The van der Waals surface area contributed by atoms with E-state index in [1.807, 2.05) is 19.1 Å². The predicted molar refractivity (Wildman–Crippen MR) is 95.5 cm³/mol. The lowest BCUT2D eigenvalue weighted by Gasteiger charge is -2.26. The number of fused-ring (bicyclic) bond motifs is 1. The topological polar surface area (TPSA) is 46.2 Å². The van der Waals surface area contributed by atoms with Crippen molar-refractivity contribution in [1.82, 2.24) is 4.72 Å². The maximum absolute atomic E-state index is 14.0. The van der Waals surface area contributed by atoms with E-state index in [4.69, 9.17) is 0 Å². The third-order valence-corrected chi connectivity index (χ3v) is 7.13. The first-order valence-corrected chi connectivity index (χ1v) is 10.3. The minimum absolute atomic E-state index is 0.288. The molecule has 0 bridgehead atoms. The van der Waals surface area contributed by atoms with Crippen molar-refractivity contribution in [2.45, 2.75) is 43.0 Å². The first-order valence-electron chi connectivity index (χ1n) is 7.81. The van der Waals surface area contributed by atoms with Crippen LogP contribution in [0, 0.1) is 26.6 Å². The number of hydrogen-bond acceptors (Lipinski definition) is 3. The molecule has 0 fully saturated rings. The van der Waals surface area contributed by atoms with E-state index < -0.39 is 16.1 Å². The summed E-state index contributed by atoms with van der Waals surface area (Å²) in [5.41, 5.74) is 3.21. The van der Waals surface area contributed by atoms with Crippen LogP contribution in [-0.4, -0.2) is 14.2 Å². The second kappa shape index (κ2) is 6.50. The second-order valence-electron chi connectivity index (χ2n) is 6.20. The highest BCUT2D eigenvalue weighted by atomic mass is 32.2. The van der Waals surface area contributed by atoms with E-state index in [9.17, 15) is 12.8 Å². The Hall–Kier alpha value is -1.37. The summed E-state index contributed by atoms with van der Waals surface area (Å²) in [6.07, 6.45) is 0.643. The molecule has 2 aromatic carbocycles. The minimum Gasteiger partial charge on any atom is -0.207 e. The molecule has 1 aliphatic rings. The number of halogens is 1. The van der Waals surface area contributed by atoms with E-state index in [-0.39, 0.29) is 5.82 Å². The summed E-state index contributed by atoms with van der Waals surface area (Å²) in [7, 11) is -3.68. The monoisotopic (exact) mass is 365 g/mol. The van der Waals surface area contributed by atoms with Crippen LogP contribution in [0.4, 0.5) is 4.39 Å². The fourth-order valence-corrected chi connectivity index (χ4v) is 6.19. The van der Waals surface area contributed by atoms with Gasteiger partial charge in [0, 0.05) is 10.9 Å². The molecule has 1 heterocycles. The highest BCUT2D eigenvalue weighted by Gasteiger charge is 2.29. The van der Waals surface area contributed by atoms with Gasteiger partial charge in [0.05, 0.1) is 4.90 Å². The van der Waals surface area contributed by atoms with Gasteiger partial charge in [-0.25, -0.2) is 17.5 Å². The van der Waals surface area contributed by atoms with Gasteiger partial charge in [0.1, 0.15) is 5.82 Å². The maximum Gasteiger partial charge on any atom is 0.241 e. The molecule has 0 spiro atoms. The Balaban J connectivity index is 2.00. The summed E-state index contributed by atoms with van der Waals surface area (Å²) in [4.78, 5) is 0.873. The van der Waals surface area contributed by atoms with Crippen molar-refractivity contribution >= 4 is 21.8 Å². The van der Waals surface area contributed by atoms with Crippen LogP contribution >= 0.6 is 11.8 Å². The minimum atomic E-state index is -3.68. The Morgan fingerprint density at radius 2 is 1.83 bits per heavy atom. The van der Waals surface area contributed by atoms with Gasteiger partial charge in [-0.05, 0) is 55.7 Å². The molecule has 1 atom stereocenters. The summed E-state index contributed by atoms with van der Waals surface area (Å²) >= 11 is 1.44. The number of rotatable bonds is 3. The van der Waals surface area contributed by atoms with Crippen molar-refractivity contribution in [1.29, 1.82) is 0 Å². The van der Waals surface area contributed by atoms with E-state index in [0.717, 1.165) is 22.3 Å². The molecule has 3 rings (SSSR count). The van der Waals surface area contributed by atoms with Gasteiger partial charge in [-0.2, -0.15) is 0 Å². The molecule has 0 aromatic heterocycles. The summed E-state index contributed by atoms with van der Waals surface area (Å²) in [6, 6.07) is 8.17. The fourth-order valence-electron chi connectivity index (χ4n) is 3.35. The molecule has 3 nitrogen and oxygen atoms in total. The van der Waals surface area contributed by atoms with E-state index in [1.54, 1.807) is 26.0 Å². The molecule has 0 saturated heterocycles. The highest BCUT2D eigenvalue weighted by molar-refractivity contribution is 7.99. The molecule has 24 heavy (non-hydrogen) atoms. The Labute approximate surface area is 146 Å². The lowest BCUT2D eigenvalue weighted by atomic mass is 10.0. The molecule has 6 heteroatoms. The summed E-state index contributed by atoms with van der Waals surface area (Å²) in [5, 5.41) is 0. The lowest BCUT2D eigenvalue weighted by molar-refractivity contribution is 0.532. The summed E-state index contributed by atoms with van der Waals surface area (Å²) in [5.74, 6) is 0.400. The van der Waals surface area contributed by atoms with E-state index in [2.05, 4.69) is 4.72 Å². The number of benzene rings is 2. The molecule has 1 aliphatic heterocycles. The van der Waals surface area contributed by atoms with Crippen molar-refractivity contribution < 1.29 is 12.8 Å². The number of aryl methyl sites for hydroxylation is 3. The lowest BCUT2D eigenvalue weighted by Crippen LogP contribution is -2.32. The molecule has 1 unspecified atom stereocenters. The van der Waals surface area contributed by atoms with Crippen LogP contribution in [0.3, 0.4) is 0 Å². The number of nitrogens with one attached hydrogen (secondary N) is 1. The fraction of sp³-hybridized carbons (Fsp3) is 0.333. The molecule has 0 radical (unpaired) electrons. The SMILES string of the molecule is Cc1cc(C)c(S(=O)(=O)NC2CCSc3c(F)cccc32)c(C)c1. The zero-order valence-corrected chi connectivity index (χ0v) is 15.5. The van der Waals surface area contributed by atoms with Crippen molar-refractivity contribution in [2.24, 2.45) is 0 Å². The number of thioether (sulfide) groups is 1. The van der Waals surface area contributed by atoms with Gasteiger partial charge in [-0.1, -0.05) is 29.8 Å². The van der Waals surface area contributed by atoms with Gasteiger partial charge in [-0.15, -0.1) is 11.8 Å². The summed E-state index contributed by atoms with van der Waals surface area (Å²) in [6.45, 7) is 5.55. The van der Waals surface area contributed by atoms with Gasteiger partial charge < -0.3 is 0 Å². The van der Waals surface area contributed by atoms with E-state index in [0.29, 0.717) is 22.0 Å². The van der Waals surface area contributed by atoms with Crippen LogP contribution < -0.4 is 4.72 Å². The van der Waals surface area contributed by atoms with Crippen LogP contribution in [-0.2, 0) is 10.0 Å². The maximum atomic E-state index is 14.0. The van der Waals surface area contributed by atoms with Gasteiger partial charge >= 0.3 is 0 Å². The largest absolute Gasteiger partial charge is 0.241 e. The third kappa shape index (κ3) is 3.23. The molecule has 0 aliphatic carbocycles. The van der Waals surface area contributed by atoms with Crippen LogP contribution in [0.15, 0.2) is 40.1 Å². The third-order valence-electron chi connectivity index (χ3n) is 4.20. The molecular formula is C18H20FNO2S2. The van der Waals surface area contributed by atoms with Gasteiger partial charge in [0.25, 0.3) is 0 Å². The van der Waals surface area contributed by atoms with Crippen LogP contribution in [0.2, 0.25) is 0 Å². The molecule has 1 N–H and O–H groups in total. The highest BCUT2D eigenvalue weighted by Crippen LogP contribution is 2.38. The Bertz CT molecular complexity index is 871. The van der Waals surface area contributed by atoms with Crippen molar-refractivity contribution in [3.8, 4) is 0 Å². The predicted octanol–water partition coefficient (Wildman–Crippen LogP) is 4.27. The average Bonchev–Trinajstić information content (AvgIpc) is 2.46. The van der Waals surface area contributed by atoms with Gasteiger partial charge in [0.15, 0.2) is 0 Å². The zero-order chi connectivity index (χ0) is 17.5. The Morgan fingerprint density at radius 3 is 2.50 bits per heavy atom. The molecule has 128 valence electrons. The number of sulfonamides is 1. The van der Waals surface area contributed by atoms with Crippen LogP contribution in [0.1, 0.15) is 34.7 Å². The van der Waals surface area contributed by atoms with Crippen molar-refractivity contribution in [2.75, 3.05) is 5.75 Å². The Kier molecular flexibility index (Phi) is 4.73. The van der Waals surface area contributed by atoms with Crippen molar-refractivity contribution in [3.05, 3.63) is 58.4 Å². The van der Waals surface area contributed by atoms with Gasteiger partial charge in [0.2, 0.25) is 10.0 Å². The quantitative estimate of drug-likeness (QED) is 0.884. The average molecular weight is 365 g/mol. The number of hydrogen-bond donors (Lipinski definition) is 1. The zero-order valence-electron chi connectivity index (χ0n) is 13.9. The van der Waals surface area contributed by atoms with Gasteiger partial charge in [-0.3, -0.25) is 0 Å². The first-order chi connectivity index (χ1) is 11.3. The Morgan fingerprint density at radius 1 is 1.17 bits per heavy atom.